The fourth-order valence-electron chi connectivity index (χ4n) is 8.11. The molecule has 3 saturated heterocycles. The molecule has 3 aliphatic heterocycles. The third kappa shape index (κ3) is 9.30. The number of azide groups is 3. The van der Waals surface area contributed by atoms with Gasteiger partial charge in [0, 0.05) is 27.6 Å². The van der Waals surface area contributed by atoms with Crippen LogP contribution in [-0.2, 0) is 19.0 Å². The van der Waals surface area contributed by atoms with Crippen molar-refractivity contribution in [2.75, 3.05) is 36.6 Å². The van der Waals surface area contributed by atoms with Crippen molar-refractivity contribution in [2.45, 2.75) is 101 Å². The summed E-state index contributed by atoms with van der Waals surface area (Å²) in [5.74, 6) is -1.48. The lowest BCUT2D eigenvalue weighted by atomic mass is 9.94. The number of fused-ring (bicyclic) bond motifs is 3. The molecule has 0 aliphatic carbocycles. The Hall–Kier alpha value is -8.44. The van der Waals surface area contributed by atoms with Crippen molar-refractivity contribution in [3.63, 3.8) is 0 Å². The van der Waals surface area contributed by atoms with Crippen molar-refractivity contribution in [1.82, 2.24) is 58.6 Å². The molecule has 11 N–H and O–H groups in total. The number of ether oxygens (including phenoxy) is 4. The highest BCUT2D eigenvalue weighted by molar-refractivity contribution is 5.87. The number of aromatic nitrogens is 12. The molecule has 9 rings (SSSR count). The zero-order valence-electron chi connectivity index (χ0n) is 38.7. The Balaban J connectivity index is 0.000000162. The maximum atomic E-state index is 14.9. The molecule has 35 nitrogen and oxygen atoms in total. The van der Waals surface area contributed by atoms with Crippen LogP contribution in [0.3, 0.4) is 0 Å². The average molecular weight is 1040 g/mol. The number of nitrogens with two attached hydrogens (primary N) is 2. The number of carbonyl (C=O) groups excluding carboxylic acids is 1. The van der Waals surface area contributed by atoms with E-state index < -0.39 is 103 Å². The van der Waals surface area contributed by atoms with Crippen molar-refractivity contribution in [1.29, 1.82) is 0 Å². The van der Waals surface area contributed by atoms with Crippen LogP contribution in [0.25, 0.3) is 64.8 Å². The van der Waals surface area contributed by atoms with E-state index in [1.807, 2.05) is 0 Å². The van der Waals surface area contributed by atoms with Gasteiger partial charge in [0.1, 0.15) is 12.2 Å². The van der Waals surface area contributed by atoms with Gasteiger partial charge < -0.3 is 50.8 Å². The van der Waals surface area contributed by atoms with Crippen molar-refractivity contribution in [3.8, 4) is 5.88 Å². The summed E-state index contributed by atoms with van der Waals surface area (Å²) in [6, 6.07) is 0. The van der Waals surface area contributed by atoms with E-state index in [0.29, 0.717) is 6.61 Å². The van der Waals surface area contributed by atoms with Gasteiger partial charge in [-0.3, -0.25) is 43.4 Å². The number of hydrogen-bond donors (Lipinski definition) is 9. The highest BCUT2D eigenvalue weighted by Gasteiger charge is 2.58. The van der Waals surface area contributed by atoms with Gasteiger partial charge in [0.2, 0.25) is 41.1 Å². The van der Waals surface area contributed by atoms with E-state index >= 15 is 0 Å². The molecule has 9 heterocycles. The van der Waals surface area contributed by atoms with Gasteiger partial charge in [0.05, 0.1) is 38.8 Å². The number of H-pyrrole nitrogens is 2. The number of halogens is 3. The molecule has 38 heteroatoms. The van der Waals surface area contributed by atoms with Crippen LogP contribution in [-0.4, -0.2) is 153 Å². The van der Waals surface area contributed by atoms with E-state index in [4.69, 9.17) is 47.0 Å². The lowest BCUT2D eigenvalue weighted by Crippen LogP contribution is -2.43. The third-order valence-corrected chi connectivity index (χ3v) is 11.8. The first-order valence-electron chi connectivity index (χ1n) is 21.5. The smallest absolute Gasteiger partial charge is 0.280 e. The summed E-state index contributed by atoms with van der Waals surface area (Å²) in [5.41, 5.74) is 30.2. The number of rotatable bonds is 12. The number of amides is 1. The molecule has 12 atom stereocenters. The van der Waals surface area contributed by atoms with Crippen LogP contribution in [0.4, 0.5) is 31.0 Å². The van der Waals surface area contributed by atoms with Gasteiger partial charge in [-0.1, -0.05) is 29.2 Å². The largest absolute Gasteiger partial charge is 0.476 e. The van der Waals surface area contributed by atoms with Gasteiger partial charge in [0.25, 0.3) is 11.1 Å². The number of anilines is 3. The van der Waals surface area contributed by atoms with E-state index in [9.17, 15) is 48.0 Å². The second kappa shape index (κ2) is 21.0. The van der Waals surface area contributed by atoms with Gasteiger partial charge in [-0.2, -0.15) is 19.9 Å². The number of carbonyl (C=O) groups is 1. The normalized spacial score (nSPS) is 29.1. The summed E-state index contributed by atoms with van der Waals surface area (Å²) < 4.78 is 69.1. The molecule has 3 fully saturated rings. The Morgan fingerprint density at radius 2 is 1.20 bits per heavy atom. The zero-order valence-corrected chi connectivity index (χ0v) is 38.7. The number of imidazole rings is 3. The molecule has 6 aromatic heterocycles. The minimum absolute atomic E-state index is 0.0275. The van der Waals surface area contributed by atoms with E-state index in [0.717, 1.165) is 15.5 Å². The lowest BCUT2D eigenvalue weighted by molar-refractivity contribution is -0.122. The number of hydrogen-bond acceptors (Lipinski definition) is 23. The Morgan fingerprint density at radius 1 is 0.757 bits per heavy atom. The van der Waals surface area contributed by atoms with Crippen LogP contribution in [0.1, 0.15) is 52.8 Å². The molecule has 6 aromatic rings. The highest BCUT2D eigenvalue weighted by atomic mass is 19.1. The molecule has 0 aromatic carbocycles. The van der Waals surface area contributed by atoms with Gasteiger partial charge in [0.15, 0.2) is 76.4 Å². The molecule has 394 valence electrons. The van der Waals surface area contributed by atoms with Crippen molar-refractivity contribution in [3.05, 3.63) is 71.0 Å². The number of aliphatic hydroxyl groups excluding tert-OH is 4. The van der Waals surface area contributed by atoms with Crippen LogP contribution in [0.5, 0.6) is 5.88 Å². The number of nitrogen functional groups attached to an aromatic ring is 2. The molecule has 0 saturated carbocycles. The first-order valence-corrected chi connectivity index (χ1v) is 21.5. The van der Waals surface area contributed by atoms with E-state index in [1.54, 1.807) is 20.8 Å². The van der Waals surface area contributed by atoms with Crippen LogP contribution < -0.4 is 32.6 Å². The zero-order chi connectivity index (χ0) is 54.0. The average Bonchev–Trinajstić information content (AvgIpc) is 4.22. The van der Waals surface area contributed by atoms with Gasteiger partial charge >= 0.3 is 0 Å². The molecular weight excluding hydrogens is 1000 g/mol. The maximum absolute atomic E-state index is 14.9. The van der Waals surface area contributed by atoms with Crippen LogP contribution >= 0.6 is 0 Å². The van der Waals surface area contributed by atoms with E-state index in [1.165, 1.54) is 24.1 Å². The number of aliphatic hydroxyl groups is 4. The summed E-state index contributed by atoms with van der Waals surface area (Å²) >= 11 is 0. The fraction of sp³-hybridized carbons (Fsp3) is 0.556. The van der Waals surface area contributed by atoms with Crippen molar-refractivity contribution < 1.29 is 57.3 Å². The first-order chi connectivity index (χ1) is 35.2. The summed E-state index contributed by atoms with van der Waals surface area (Å²) in [5, 5.41) is 51.1. The van der Waals surface area contributed by atoms with Crippen molar-refractivity contribution in [2.24, 2.45) is 21.3 Å². The molecule has 3 aliphatic rings. The fourth-order valence-corrected chi connectivity index (χ4v) is 8.11. The van der Waals surface area contributed by atoms with Crippen LogP contribution in [0, 0.1) is 5.92 Å². The molecule has 0 unspecified atom stereocenters. The molecule has 0 bridgehead atoms. The second-order valence-electron chi connectivity index (χ2n) is 16.1. The monoisotopic (exact) mass is 1040 g/mol. The topological polar surface area (TPSA) is 516 Å². The summed E-state index contributed by atoms with van der Waals surface area (Å²) in [6.07, 6.45) is -9.83. The SMILES string of the molecule is CCOc1nc(N)nc2c1ncn2[C@@H]1O[C@@](CO)(N=[N+]=[N-])[C@@H](O)[C@H]1F.CC[C@@]1(N=[N+]=[N-])O[C@@H](n2cnc3c(=O)[nH]c(NC(C)=O)nc32)[C@H](F)[C@@H]1C.[N-]=[N+]=N[C@]1(CO)O[C@@H](n2cnc3c(=O)[nH]c(N)nc32)[C@H](F)[C@@H]1O. The lowest BCUT2D eigenvalue weighted by Gasteiger charge is -2.25. The third-order valence-electron chi connectivity index (χ3n) is 11.8. The van der Waals surface area contributed by atoms with Crippen LogP contribution in [0.15, 0.2) is 43.9 Å². The second-order valence-corrected chi connectivity index (χ2v) is 16.1. The number of nitrogens with one attached hydrogen (secondary N) is 3. The van der Waals surface area contributed by atoms with E-state index in [2.05, 4.69) is 80.3 Å². The standard InChI is InChI=1S/C14H17FN8O3.C12H15FN8O4.C10H11FN8O4/c1-4-14(21-22-16)6(2)8(15)12(26-14)23-5-17-9-10(23)19-13(18-7(3)24)20-11(9)25;1-2-24-9-6-8(17-11(14)18-9)21(4-16-6)10-5(13)7(23)12(3-22,25-10)19-20-15;11-3-5(21)10(1-20,17-18-13)23-8(3)19-2-14-4-6(19)15-9(12)16-7(4)22/h5-6,8,12H,4H2,1-3H3,(H2,18,19,20,24,25);4-5,7,10,22-23H,2-3H2,1H3,(H2,14,17,18);2-3,5,8,20-21H,1H2,(H3,12,15,16,22)/t6-,8+,12+,14+;5-,7+,10-,12-;3-,5+,8-,10-/m011/s1. The number of aromatic amines is 2. The summed E-state index contributed by atoms with van der Waals surface area (Å²) in [4.78, 5) is 75.1. The van der Waals surface area contributed by atoms with Gasteiger partial charge in [-0.15, -0.1) is 0 Å². The van der Waals surface area contributed by atoms with Crippen molar-refractivity contribution >= 4 is 57.2 Å². The Kier molecular flexibility index (Phi) is 15.1. The van der Waals surface area contributed by atoms with Gasteiger partial charge in [-0.25, -0.2) is 28.1 Å². The molecule has 0 spiro atoms. The first kappa shape index (κ1) is 53.4. The minimum Gasteiger partial charge on any atom is -0.476 e. The minimum atomic E-state index is -2.19. The predicted octanol–water partition coefficient (Wildman–Crippen LogP) is 0.960. The number of nitrogens with zero attached hydrogens (tertiary/aromatic N) is 19. The maximum Gasteiger partial charge on any atom is 0.280 e. The number of alkyl halides is 3. The molecule has 1 amide bonds. The van der Waals surface area contributed by atoms with E-state index in [-0.39, 0.29) is 63.6 Å². The Morgan fingerprint density at radius 3 is 1.68 bits per heavy atom. The van der Waals surface area contributed by atoms with Crippen LogP contribution in [0.2, 0.25) is 0 Å². The molecular formula is C36H43F3N24O11. The molecule has 0 radical (unpaired) electrons. The Bertz CT molecular complexity index is 3360. The predicted molar refractivity (Wildman–Crippen MR) is 242 cm³/mol. The van der Waals surface area contributed by atoms with Gasteiger partial charge in [-0.05, 0) is 29.9 Å². The molecule has 74 heavy (non-hydrogen) atoms. The quantitative estimate of drug-likeness (QED) is 0.0468. The Labute approximate surface area is 408 Å². The highest BCUT2D eigenvalue weighted by Crippen LogP contribution is 2.47. The summed E-state index contributed by atoms with van der Waals surface area (Å²) in [6.45, 7) is 4.75. The summed E-state index contributed by atoms with van der Waals surface area (Å²) in [7, 11) is 0.